The fourth-order valence-corrected chi connectivity index (χ4v) is 2.84. The Labute approximate surface area is 105 Å². The molecule has 1 aliphatic rings. The van der Waals surface area contributed by atoms with Crippen LogP contribution in [-0.2, 0) is 0 Å². The van der Waals surface area contributed by atoms with E-state index in [0.717, 1.165) is 19.0 Å². The van der Waals surface area contributed by atoms with Crippen molar-refractivity contribution in [3.8, 4) is 0 Å². The van der Waals surface area contributed by atoms with Crippen LogP contribution in [0.5, 0.6) is 0 Å². The van der Waals surface area contributed by atoms with Crippen LogP contribution in [0.3, 0.4) is 0 Å². The van der Waals surface area contributed by atoms with Crippen molar-refractivity contribution in [2.45, 2.75) is 38.6 Å². The zero-order valence-corrected chi connectivity index (χ0v) is 10.8. The molecule has 1 saturated carbocycles. The summed E-state index contributed by atoms with van der Waals surface area (Å²) in [6.07, 6.45) is 5.40. The summed E-state index contributed by atoms with van der Waals surface area (Å²) in [5.74, 6) is 0.743. The highest BCUT2D eigenvalue weighted by Gasteiger charge is 2.23. The molecule has 1 aliphatic carbocycles. The van der Waals surface area contributed by atoms with E-state index in [0.29, 0.717) is 6.04 Å². The first kappa shape index (κ1) is 12.4. The van der Waals surface area contributed by atoms with Crippen LogP contribution in [0.4, 0.5) is 5.69 Å². The van der Waals surface area contributed by atoms with Gasteiger partial charge in [0.05, 0.1) is 0 Å². The molecular weight excluding hydrogens is 208 g/mol. The molecule has 1 atom stereocenters. The van der Waals surface area contributed by atoms with Gasteiger partial charge >= 0.3 is 0 Å². The summed E-state index contributed by atoms with van der Waals surface area (Å²) in [5.41, 5.74) is 7.65. The van der Waals surface area contributed by atoms with Gasteiger partial charge in [0, 0.05) is 24.8 Å². The zero-order valence-electron chi connectivity index (χ0n) is 10.8. The minimum atomic E-state index is 0.331. The van der Waals surface area contributed by atoms with E-state index in [1.165, 1.54) is 31.4 Å². The van der Waals surface area contributed by atoms with E-state index in [4.69, 9.17) is 5.73 Å². The molecule has 0 saturated heterocycles. The minimum Gasteiger partial charge on any atom is -0.370 e. The van der Waals surface area contributed by atoms with Crippen molar-refractivity contribution in [2.75, 3.05) is 18.0 Å². The first-order valence-corrected chi connectivity index (χ1v) is 6.87. The van der Waals surface area contributed by atoms with Crippen LogP contribution in [0.25, 0.3) is 0 Å². The Balaban J connectivity index is 1.95. The highest BCUT2D eigenvalue weighted by atomic mass is 15.1. The van der Waals surface area contributed by atoms with Gasteiger partial charge in [0.15, 0.2) is 0 Å². The average Bonchev–Trinajstić information content (AvgIpc) is 2.90. The van der Waals surface area contributed by atoms with E-state index in [1.807, 2.05) is 0 Å². The Kier molecular flexibility index (Phi) is 4.43. The second kappa shape index (κ2) is 6.06. The summed E-state index contributed by atoms with van der Waals surface area (Å²) in [5, 5.41) is 0. The molecule has 94 valence electrons. The van der Waals surface area contributed by atoms with Crippen LogP contribution in [0.1, 0.15) is 32.6 Å². The number of nitrogens with zero attached hydrogens (tertiary/aromatic N) is 1. The third kappa shape index (κ3) is 3.22. The molecule has 2 heteroatoms. The summed E-state index contributed by atoms with van der Waals surface area (Å²) in [6, 6.07) is 10.9. The highest BCUT2D eigenvalue weighted by molar-refractivity contribution is 5.45. The third-order valence-electron chi connectivity index (χ3n) is 3.94. The Morgan fingerprint density at radius 2 is 1.88 bits per heavy atom. The monoisotopic (exact) mass is 232 g/mol. The molecule has 0 aliphatic heterocycles. The number of para-hydroxylation sites is 1. The molecule has 0 radical (unpaired) electrons. The molecule has 2 rings (SSSR count). The van der Waals surface area contributed by atoms with E-state index in [2.05, 4.69) is 42.2 Å². The van der Waals surface area contributed by atoms with Crippen molar-refractivity contribution in [1.29, 1.82) is 0 Å². The Morgan fingerprint density at radius 3 is 2.47 bits per heavy atom. The molecule has 17 heavy (non-hydrogen) atoms. The van der Waals surface area contributed by atoms with Crippen LogP contribution < -0.4 is 10.6 Å². The Morgan fingerprint density at radius 1 is 1.24 bits per heavy atom. The second-order valence-electron chi connectivity index (χ2n) is 5.08. The fourth-order valence-electron chi connectivity index (χ4n) is 2.84. The fraction of sp³-hybridized carbons (Fsp3) is 0.600. The lowest BCUT2D eigenvalue weighted by molar-refractivity contribution is 0.429. The number of nitrogens with two attached hydrogens (primary N) is 1. The lowest BCUT2D eigenvalue weighted by Gasteiger charge is -2.29. The zero-order chi connectivity index (χ0) is 12.1. The van der Waals surface area contributed by atoms with E-state index >= 15 is 0 Å². The molecular formula is C15H24N2. The predicted octanol–water partition coefficient (Wildman–Crippen LogP) is 3.03. The number of anilines is 1. The van der Waals surface area contributed by atoms with Crippen LogP contribution >= 0.6 is 0 Å². The van der Waals surface area contributed by atoms with Crippen LogP contribution in [0.15, 0.2) is 30.3 Å². The van der Waals surface area contributed by atoms with Crippen molar-refractivity contribution in [3.05, 3.63) is 30.3 Å². The molecule has 1 aromatic rings. The Hall–Kier alpha value is -1.02. The number of hydrogen-bond donors (Lipinski definition) is 1. The highest BCUT2D eigenvalue weighted by Crippen LogP contribution is 2.27. The molecule has 1 unspecified atom stereocenters. The largest absolute Gasteiger partial charge is 0.370 e. The smallest absolute Gasteiger partial charge is 0.0366 e. The molecule has 2 N–H and O–H groups in total. The van der Waals surface area contributed by atoms with Gasteiger partial charge in [-0.05, 0) is 37.8 Å². The average molecular weight is 232 g/mol. The van der Waals surface area contributed by atoms with Gasteiger partial charge in [-0.2, -0.15) is 0 Å². The number of rotatable bonds is 5. The van der Waals surface area contributed by atoms with Gasteiger partial charge in [-0.15, -0.1) is 0 Å². The van der Waals surface area contributed by atoms with Crippen LogP contribution in [0.2, 0.25) is 0 Å². The van der Waals surface area contributed by atoms with Gasteiger partial charge in [-0.25, -0.2) is 0 Å². The van der Waals surface area contributed by atoms with Crippen LogP contribution in [-0.4, -0.2) is 19.1 Å². The van der Waals surface area contributed by atoms with Gasteiger partial charge in [0.25, 0.3) is 0 Å². The molecule has 1 aromatic carbocycles. The quantitative estimate of drug-likeness (QED) is 0.845. The minimum absolute atomic E-state index is 0.331. The number of benzene rings is 1. The topological polar surface area (TPSA) is 29.3 Å². The predicted molar refractivity (Wildman–Crippen MR) is 74.3 cm³/mol. The second-order valence-corrected chi connectivity index (χ2v) is 5.08. The third-order valence-corrected chi connectivity index (χ3v) is 3.94. The summed E-state index contributed by atoms with van der Waals surface area (Å²) in [6.45, 7) is 4.23. The molecule has 0 heterocycles. The standard InChI is InChI=1S/C15H24N2/c1-2-17(14-10-4-3-5-11-14)12-15(16)13-8-6-7-9-13/h3-5,10-11,13,15H,2,6-9,12,16H2,1H3. The van der Waals surface area contributed by atoms with Gasteiger partial charge in [0.2, 0.25) is 0 Å². The lowest BCUT2D eigenvalue weighted by atomic mass is 9.98. The summed E-state index contributed by atoms with van der Waals surface area (Å²) < 4.78 is 0. The molecule has 0 bridgehead atoms. The summed E-state index contributed by atoms with van der Waals surface area (Å²) in [4.78, 5) is 2.39. The summed E-state index contributed by atoms with van der Waals surface area (Å²) in [7, 11) is 0. The maximum absolute atomic E-state index is 6.35. The SMILES string of the molecule is CCN(CC(N)C1CCCC1)c1ccccc1. The van der Waals surface area contributed by atoms with E-state index in [-0.39, 0.29) is 0 Å². The van der Waals surface area contributed by atoms with Crippen molar-refractivity contribution < 1.29 is 0 Å². The maximum atomic E-state index is 6.35. The van der Waals surface area contributed by atoms with Gasteiger partial charge < -0.3 is 10.6 Å². The molecule has 0 spiro atoms. The van der Waals surface area contributed by atoms with Crippen molar-refractivity contribution in [1.82, 2.24) is 0 Å². The molecule has 0 aromatic heterocycles. The molecule has 1 fully saturated rings. The normalized spacial score (nSPS) is 18.2. The number of likely N-dealkylation sites (N-methyl/N-ethyl adjacent to an activating group) is 1. The van der Waals surface area contributed by atoms with E-state index < -0.39 is 0 Å². The van der Waals surface area contributed by atoms with Crippen molar-refractivity contribution in [3.63, 3.8) is 0 Å². The molecule has 2 nitrogen and oxygen atoms in total. The first-order valence-electron chi connectivity index (χ1n) is 6.87. The van der Waals surface area contributed by atoms with Gasteiger partial charge in [0.1, 0.15) is 0 Å². The first-order chi connectivity index (χ1) is 8.31. The molecule has 0 amide bonds. The van der Waals surface area contributed by atoms with E-state index in [9.17, 15) is 0 Å². The maximum Gasteiger partial charge on any atom is 0.0366 e. The van der Waals surface area contributed by atoms with Crippen molar-refractivity contribution >= 4 is 5.69 Å². The number of hydrogen-bond acceptors (Lipinski definition) is 2. The summed E-state index contributed by atoms with van der Waals surface area (Å²) >= 11 is 0. The van der Waals surface area contributed by atoms with Crippen molar-refractivity contribution in [2.24, 2.45) is 11.7 Å². The van der Waals surface area contributed by atoms with Gasteiger partial charge in [-0.3, -0.25) is 0 Å². The van der Waals surface area contributed by atoms with Gasteiger partial charge in [-0.1, -0.05) is 31.0 Å². The Bertz CT molecular complexity index is 317. The van der Waals surface area contributed by atoms with E-state index in [1.54, 1.807) is 0 Å². The lowest BCUT2D eigenvalue weighted by Crippen LogP contribution is -2.41. The van der Waals surface area contributed by atoms with Crippen LogP contribution in [0, 0.1) is 5.92 Å².